The molecule has 3 aromatic rings. The summed E-state index contributed by atoms with van der Waals surface area (Å²) >= 11 is 2.88. The van der Waals surface area contributed by atoms with Gasteiger partial charge in [-0.15, -0.1) is 21.5 Å². The molecule has 1 aliphatic carbocycles. The van der Waals surface area contributed by atoms with Gasteiger partial charge in [0.05, 0.1) is 11.3 Å². The van der Waals surface area contributed by atoms with Gasteiger partial charge in [0.2, 0.25) is 5.91 Å². The summed E-state index contributed by atoms with van der Waals surface area (Å²) in [7, 11) is 1.86. The van der Waals surface area contributed by atoms with Crippen LogP contribution in [0.1, 0.15) is 53.1 Å². The van der Waals surface area contributed by atoms with E-state index in [4.69, 9.17) is 4.74 Å². The van der Waals surface area contributed by atoms with Gasteiger partial charge < -0.3 is 14.6 Å². The molecule has 2 aromatic heterocycles. The summed E-state index contributed by atoms with van der Waals surface area (Å²) in [6, 6.07) is 10.2. The number of ether oxygens (including phenoxy) is 1. The van der Waals surface area contributed by atoms with Crippen LogP contribution in [0, 0.1) is 18.3 Å². The minimum atomic E-state index is -0.147. The Morgan fingerprint density at radius 3 is 2.88 bits per heavy atom. The number of hydrogen-bond donors (Lipinski definition) is 1. The van der Waals surface area contributed by atoms with Gasteiger partial charge in [0.25, 0.3) is 0 Å². The van der Waals surface area contributed by atoms with Crippen LogP contribution in [0.2, 0.25) is 0 Å². The molecular formula is C24H27N5O2S2. The second-order valence-corrected chi connectivity index (χ2v) is 10.2. The van der Waals surface area contributed by atoms with E-state index in [2.05, 4.69) is 21.6 Å². The second-order valence-electron chi connectivity index (χ2n) is 8.13. The summed E-state index contributed by atoms with van der Waals surface area (Å²) in [5.74, 6) is 1.51. The number of hydrogen-bond acceptors (Lipinski definition) is 7. The van der Waals surface area contributed by atoms with Gasteiger partial charge in [-0.3, -0.25) is 4.79 Å². The van der Waals surface area contributed by atoms with Crippen molar-refractivity contribution in [2.45, 2.75) is 57.2 Å². The molecule has 1 N–H and O–H groups in total. The summed E-state index contributed by atoms with van der Waals surface area (Å²) in [6.07, 6.45) is 6.59. The first kappa shape index (κ1) is 23.3. The van der Waals surface area contributed by atoms with Gasteiger partial charge in [-0.25, -0.2) is 0 Å². The average Bonchev–Trinajstić information content (AvgIpc) is 3.29. The quantitative estimate of drug-likeness (QED) is 0.476. The van der Waals surface area contributed by atoms with E-state index in [1.807, 2.05) is 42.8 Å². The second kappa shape index (κ2) is 10.9. The minimum Gasteiger partial charge on any atom is -0.486 e. The topological polar surface area (TPSA) is 92.8 Å². The fourth-order valence-corrected chi connectivity index (χ4v) is 5.85. The van der Waals surface area contributed by atoms with E-state index < -0.39 is 0 Å². The molecule has 9 heteroatoms. The molecule has 4 rings (SSSR count). The van der Waals surface area contributed by atoms with Crippen molar-refractivity contribution >= 4 is 34.0 Å². The number of nitrogens with one attached hydrogen (secondary N) is 1. The zero-order valence-corrected chi connectivity index (χ0v) is 20.5. The van der Waals surface area contributed by atoms with Crippen molar-refractivity contribution in [3.05, 3.63) is 51.7 Å². The number of thiophene rings is 1. The number of nitrogens with zero attached hydrogens (tertiary/aromatic N) is 4. The first-order chi connectivity index (χ1) is 16.0. The minimum absolute atomic E-state index is 0.147. The lowest BCUT2D eigenvalue weighted by Crippen LogP contribution is -2.14. The summed E-state index contributed by atoms with van der Waals surface area (Å²) in [6.45, 7) is 2.31. The molecule has 0 fully saturated rings. The van der Waals surface area contributed by atoms with Crippen molar-refractivity contribution in [3.8, 4) is 11.8 Å². The number of thioether (sulfide) groups is 1. The van der Waals surface area contributed by atoms with Crippen molar-refractivity contribution in [1.29, 1.82) is 5.26 Å². The maximum Gasteiger partial charge on any atom is 0.235 e. The van der Waals surface area contributed by atoms with Crippen molar-refractivity contribution < 1.29 is 9.53 Å². The Kier molecular flexibility index (Phi) is 7.68. The Morgan fingerprint density at radius 1 is 1.27 bits per heavy atom. The maximum atomic E-state index is 12.6. The normalized spacial score (nSPS) is 13.5. The van der Waals surface area contributed by atoms with Crippen LogP contribution in [-0.4, -0.2) is 26.4 Å². The molecule has 0 spiro atoms. The Labute approximate surface area is 202 Å². The predicted octanol–water partition coefficient (Wildman–Crippen LogP) is 5.03. The lowest BCUT2D eigenvalue weighted by molar-refractivity contribution is -0.113. The van der Waals surface area contributed by atoms with Crippen LogP contribution in [0.4, 0.5) is 5.00 Å². The Balaban J connectivity index is 1.35. The van der Waals surface area contributed by atoms with E-state index in [0.29, 0.717) is 28.2 Å². The van der Waals surface area contributed by atoms with E-state index in [1.165, 1.54) is 29.5 Å². The lowest BCUT2D eigenvalue weighted by atomic mass is 9.97. The molecule has 1 amide bonds. The van der Waals surface area contributed by atoms with Gasteiger partial charge in [0, 0.05) is 11.9 Å². The molecule has 0 bridgehead atoms. The summed E-state index contributed by atoms with van der Waals surface area (Å²) in [5.41, 5.74) is 2.91. The van der Waals surface area contributed by atoms with Crippen molar-refractivity contribution in [2.24, 2.45) is 7.05 Å². The van der Waals surface area contributed by atoms with E-state index in [1.54, 1.807) is 11.3 Å². The van der Waals surface area contributed by atoms with Crippen LogP contribution in [0.5, 0.6) is 5.75 Å². The molecule has 172 valence electrons. The van der Waals surface area contributed by atoms with Gasteiger partial charge >= 0.3 is 0 Å². The van der Waals surface area contributed by atoms with Crippen molar-refractivity contribution in [1.82, 2.24) is 14.8 Å². The van der Waals surface area contributed by atoms with Crippen LogP contribution in [-0.2, 0) is 31.3 Å². The van der Waals surface area contributed by atoms with Gasteiger partial charge in [0.15, 0.2) is 11.0 Å². The number of nitriles is 1. The predicted molar refractivity (Wildman–Crippen MR) is 131 cm³/mol. The summed E-state index contributed by atoms with van der Waals surface area (Å²) < 4.78 is 7.65. The fourth-order valence-electron chi connectivity index (χ4n) is 3.87. The third-order valence-electron chi connectivity index (χ3n) is 5.65. The molecule has 0 saturated carbocycles. The first-order valence-corrected chi connectivity index (χ1v) is 12.9. The SMILES string of the molecule is Cc1cccc(OCc2nnc(SCC(=O)Nc3sc4c(c3C#N)CCCCCC4)n2C)c1. The van der Waals surface area contributed by atoms with Crippen molar-refractivity contribution in [3.63, 3.8) is 0 Å². The molecule has 0 radical (unpaired) electrons. The van der Waals surface area contributed by atoms with Gasteiger partial charge in [-0.05, 0) is 55.9 Å². The number of aromatic nitrogens is 3. The molecular weight excluding hydrogens is 454 g/mol. The number of anilines is 1. The van der Waals surface area contributed by atoms with Crippen LogP contribution in [0.25, 0.3) is 0 Å². The third kappa shape index (κ3) is 5.75. The maximum absolute atomic E-state index is 12.6. The number of carbonyl (C=O) groups excluding carboxylic acids is 1. The van der Waals surface area contributed by atoms with E-state index >= 15 is 0 Å². The molecule has 1 aromatic carbocycles. The monoisotopic (exact) mass is 481 g/mol. The molecule has 33 heavy (non-hydrogen) atoms. The molecule has 0 unspecified atom stereocenters. The lowest BCUT2D eigenvalue weighted by Gasteiger charge is -2.08. The number of benzene rings is 1. The third-order valence-corrected chi connectivity index (χ3v) is 7.88. The Morgan fingerprint density at radius 2 is 2.09 bits per heavy atom. The average molecular weight is 482 g/mol. The number of amides is 1. The van der Waals surface area contributed by atoms with E-state index in [0.717, 1.165) is 42.6 Å². The standard InChI is InChI=1S/C24H27N5O2S2/c1-16-8-7-9-17(12-16)31-14-21-27-28-24(29(21)2)32-15-22(30)26-23-19(13-25)18-10-5-3-4-6-11-20(18)33-23/h7-9,12H,3-6,10-11,14-15H2,1-2H3,(H,26,30). The number of rotatable bonds is 7. The van der Waals surface area contributed by atoms with Crippen LogP contribution >= 0.6 is 23.1 Å². The van der Waals surface area contributed by atoms with Crippen LogP contribution in [0.15, 0.2) is 29.4 Å². The van der Waals surface area contributed by atoms with Crippen LogP contribution < -0.4 is 10.1 Å². The highest BCUT2D eigenvalue weighted by Gasteiger charge is 2.21. The summed E-state index contributed by atoms with van der Waals surface area (Å²) in [4.78, 5) is 13.9. The highest BCUT2D eigenvalue weighted by molar-refractivity contribution is 7.99. The zero-order valence-electron chi connectivity index (χ0n) is 18.9. The van der Waals surface area contributed by atoms with Crippen molar-refractivity contribution in [2.75, 3.05) is 11.1 Å². The summed E-state index contributed by atoms with van der Waals surface area (Å²) in [5, 5.41) is 22.4. The molecule has 0 saturated heterocycles. The van der Waals surface area contributed by atoms with Gasteiger partial charge in [0.1, 0.15) is 23.4 Å². The smallest absolute Gasteiger partial charge is 0.235 e. The van der Waals surface area contributed by atoms with E-state index in [9.17, 15) is 10.1 Å². The molecule has 0 atom stereocenters. The van der Waals surface area contributed by atoms with Gasteiger partial charge in [-0.1, -0.05) is 36.7 Å². The largest absolute Gasteiger partial charge is 0.486 e. The molecule has 0 aliphatic heterocycles. The zero-order chi connectivity index (χ0) is 23.2. The Bertz CT molecular complexity index is 1180. The molecule has 2 heterocycles. The Hall–Kier alpha value is -2.83. The highest BCUT2D eigenvalue weighted by Crippen LogP contribution is 2.36. The highest BCUT2D eigenvalue weighted by atomic mass is 32.2. The van der Waals surface area contributed by atoms with Gasteiger partial charge in [-0.2, -0.15) is 5.26 Å². The molecule has 1 aliphatic rings. The number of aryl methyl sites for hydroxylation is 2. The fraction of sp³-hybridized carbons (Fsp3) is 0.417. The first-order valence-electron chi connectivity index (χ1n) is 11.1. The number of fused-ring (bicyclic) bond motifs is 1. The van der Waals surface area contributed by atoms with E-state index in [-0.39, 0.29) is 11.7 Å². The number of carbonyl (C=O) groups is 1. The molecule has 7 nitrogen and oxygen atoms in total. The van der Waals surface area contributed by atoms with Crippen LogP contribution in [0.3, 0.4) is 0 Å².